The Morgan fingerprint density at radius 1 is 1.26 bits per heavy atom. The van der Waals surface area contributed by atoms with E-state index in [4.69, 9.17) is 4.99 Å². The number of benzene rings is 1. The highest BCUT2D eigenvalue weighted by Gasteiger charge is 2.22. The molecule has 2 aliphatic rings. The van der Waals surface area contributed by atoms with Gasteiger partial charge in [0, 0.05) is 49.3 Å². The second kappa shape index (κ2) is 11.1. The lowest BCUT2D eigenvalue weighted by molar-refractivity contribution is -0.117. The molecule has 0 saturated carbocycles. The van der Waals surface area contributed by atoms with Gasteiger partial charge in [0.15, 0.2) is 5.96 Å². The number of guanidine groups is 1. The van der Waals surface area contributed by atoms with Crippen LogP contribution in [0.3, 0.4) is 0 Å². The van der Waals surface area contributed by atoms with Crippen molar-refractivity contribution in [3.05, 3.63) is 29.8 Å². The number of rotatable bonds is 5. The van der Waals surface area contributed by atoms with E-state index in [1.807, 2.05) is 17.0 Å². The van der Waals surface area contributed by atoms with Crippen LogP contribution in [0.4, 0.5) is 5.69 Å². The fourth-order valence-electron chi connectivity index (χ4n) is 3.45. The van der Waals surface area contributed by atoms with Crippen molar-refractivity contribution >= 4 is 53.3 Å². The summed E-state index contributed by atoms with van der Waals surface area (Å²) in [5.41, 5.74) is 2.18. The van der Waals surface area contributed by atoms with Crippen molar-refractivity contribution in [1.29, 1.82) is 0 Å². The smallest absolute Gasteiger partial charge is 0.227 e. The van der Waals surface area contributed by atoms with E-state index in [2.05, 4.69) is 48.0 Å². The summed E-state index contributed by atoms with van der Waals surface area (Å²) in [6.45, 7) is 8.90. The summed E-state index contributed by atoms with van der Waals surface area (Å²) < 4.78 is 0. The van der Waals surface area contributed by atoms with Crippen LogP contribution in [0, 0.1) is 0 Å². The summed E-state index contributed by atoms with van der Waals surface area (Å²) in [5.74, 6) is 2.42. The molecule has 0 bridgehead atoms. The van der Waals surface area contributed by atoms with Crippen molar-refractivity contribution in [2.75, 3.05) is 36.8 Å². The molecule has 1 unspecified atom stereocenters. The van der Waals surface area contributed by atoms with Crippen LogP contribution in [-0.2, 0) is 11.3 Å². The normalized spacial score (nSPS) is 20.6. The zero-order valence-electron chi connectivity index (χ0n) is 16.3. The fourth-order valence-corrected chi connectivity index (χ4v) is 4.63. The largest absolute Gasteiger partial charge is 0.357 e. The van der Waals surface area contributed by atoms with Gasteiger partial charge in [0.1, 0.15) is 0 Å². The number of carbonyl (C=O) groups excluding carboxylic acids is 1. The van der Waals surface area contributed by atoms with Crippen LogP contribution in [0.1, 0.15) is 38.7 Å². The van der Waals surface area contributed by atoms with Crippen molar-refractivity contribution in [2.24, 2.45) is 4.99 Å². The zero-order chi connectivity index (χ0) is 18.4. The van der Waals surface area contributed by atoms with E-state index in [-0.39, 0.29) is 29.9 Å². The van der Waals surface area contributed by atoms with Gasteiger partial charge < -0.3 is 15.1 Å². The molecule has 0 radical (unpaired) electrons. The van der Waals surface area contributed by atoms with E-state index >= 15 is 0 Å². The highest BCUT2D eigenvalue weighted by atomic mass is 127. The Bertz CT molecular complexity index is 637. The summed E-state index contributed by atoms with van der Waals surface area (Å²) >= 11 is 2.07. The summed E-state index contributed by atoms with van der Waals surface area (Å²) in [5, 5.41) is 4.14. The number of halogens is 1. The molecule has 2 fully saturated rings. The van der Waals surface area contributed by atoms with E-state index in [1.54, 1.807) is 0 Å². The van der Waals surface area contributed by atoms with Crippen LogP contribution in [0.2, 0.25) is 0 Å². The molecule has 2 aliphatic heterocycles. The van der Waals surface area contributed by atoms with Crippen LogP contribution in [0.5, 0.6) is 0 Å². The maximum atomic E-state index is 11.9. The lowest BCUT2D eigenvalue weighted by Crippen LogP contribution is -2.48. The Kier molecular flexibility index (Phi) is 9.21. The minimum Gasteiger partial charge on any atom is -0.357 e. The summed E-state index contributed by atoms with van der Waals surface area (Å²) in [7, 11) is 0. The number of anilines is 1. The molecule has 1 aromatic carbocycles. The van der Waals surface area contributed by atoms with Gasteiger partial charge in [0.25, 0.3) is 0 Å². The second-order valence-electron chi connectivity index (χ2n) is 6.83. The van der Waals surface area contributed by atoms with Crippen molar-refractivity contribution in [2.45, 2.75) is 44.9 Å². The molecule has 1 atom stereocenters. The van der Waals surface area contributed by atoms with Crippen molar-refractivity contribution in [1.82, 2.24) is 10.2 Å². The molecule has 1 aromatic rings. The number of nitrogens with one attached hydrogen (secondary N) is 1. The van der Waals surface area contributed by atoms with Gasteiger partial charge in [-0.1, -0.05) is 19.1 Å². The van der Waals surface area contributed by atoms with Gasteiger partial charge in [-0.2, -0.15) is 11.8 Å². The van der Waals surface area contributed by atoms with E-state index in [0.717, 1.165) is 44.2 Å². The van der Waals surface area contributed by atoms with Gasteiger partial charge in [-0.3, -0.25) is 4.79 Å². The van der Waals surface area contributed by atoms with E-state index in [9.17, 15) is 4.79 Å². The molecule has 3 rings (SSSR count). The first-order chi connectivity index (χ1) is 12.7. The highest BCUT2D eigenvalue weighted by molar-refractivity contribution is 14.0. The second-order valence-corrected chi connectivity index (χ2v) is 8.24. The van der Waals surface area contributed by atoms with Crippen LogP contribution in [0.25, 0.3) is 0 Å². The summed E-state index contributed by atoms with van der Waals surface area (Å²) in [6.07, 6.45) is 2.84. The molecule has 2 heterocycles. The molecule has 0 aliphatic carbocycles. The van der Waals surface area contributed by atoms with E-state index in [0.29, 0.717) is 18.2 Å². The Morgan fingerprint density at radius 3 is 2.67 bits per heavy atom. The number of carbonyl (C=O) groups is 1. The molecule has 7 heteroatoms. The van der Waals surface area contributed by atoms with Gasteiger partial charge in [0.2, 0.25) is 5.91 Å². The van der Waals surface area contributed by atoms with Crippen molar-refractivity contribution in [3.8, 4) is 0 Å². The third kappa shape index (κ3) is 6.01. The number of nitrogens with zero attached hydrogens (tertiary/aromatic N) is 3. The number of amides is 1. The number of hydrogen-bond acceptors (Lipinski definition) is 3. The monoisotopic (exact) mass is 502 g/mol. The first kappa shape index (κ1) is 22.3. The predicted molar refractivity (Wildman–Crippen MR) is 126 cm³/mol. The third-order valence-electron chi connectivity index (χ3n) is 4.96. The summed E-state index contributed by atoms with van der Waals surface area (Å²) in [4.78, 5) is 21.0. The standard InChI is InChI=1S/C20H30N4OS.HI/c1-3-18-15-23(12-13-26-18)20(21-4-2)22-14-16-7-9-17(10-8-16)24-11-5-6-19(24)25;/h7-10,18H,3-6,11-15H2,1-2H3,(H,21,22);1H. The molecule has 1 amide bonds. The van der Waals surface area contributed by atoms with Crippen LogP contribution < -0.4 is 10.2 Å². The maximum Gasteiger partial charge on any atom is 0.227 e. The average Bonchev–Trinajstić information content (AvgIpc) is 3.11. The first-order valence-corrected chi connectivity index (χ1v) is 10.8. The topological polar surface area (TPSA) is 47.9 Å². The number of aliphatic imine (C=N–C) groups is 1. The quantitative estimate of drug-likeness (QED) is 0.379. The van der Waals surface area contributed by atoms with Gasteiger partial charge in [-0.25, -0.2) is 4.99 Å². The molecule has 0 spiro atoms. The maximum absolute atomic E-state index is 11.9. The molecule has 150 valence electrons. The Balaban J connectivity index is 0.00000261. The minimum atomic E-state index is 0. The van der Waals surface area contributed by atoms with Crippen LogP contribution >= 0.6 is 35.7 Å². The molecular weight excluding hydrogens is 471 g/mol. The highest BCUT2D eigenvalue weighted by Crippen LogP contribution is 2.23. The fraction of sp³-hybridized carbons (Fsp3) is 0.600. The minimum absolute atomic E-state index is 0. The Hall–Kier alpha value is -0.960. The van der Waals surface area contributed by atoms with Gasteiger partial charge in [0.05, 0.1) is 6.54 Å². The molecule has 0 aromatic heterocycles. The molecule has 2 saturated heterocycles. The Labute approximate surface area is 184 Å². The van der Waals surface area contributed by atoms with E-state index < -0.39 is 0 Å². The van der Waals surface area contributed by atoms with E-state index in [1.165, 1.54) is 17.7 Å². The molecule has 1 N–H and O–H groups in total. The number of thioether (sulfide) groups is 1. The number of hydrogen-bond donors (Lipinski definition) is 1. The van der Waals surface area contributed by atoms with Crippen LogP contribution in [-0.4, -0.2) is 53.9 Å². The SMILES string of the molecule is CCNC(=NCc1ccc(N2CCCC2=O)cc1)N1CCSC(CC)C1.I. The van der Waals surface area contributed by atoms with Crippen LogP contribution in [0.15, 0.2) is 29.3 Å². The average molecular weight is 502 g/mol. The lowest BCUT2D eigenvalue weighted by atomic mass is 10.2. The van der Waals surface area contributed by atoms with Crippen molar-refractivity contribution in [3.63, 3.8) is 0 Å². The van der Waals surface area contributed by atoms with Gasteiger partial charge in [-0.15, -0.1) is 24.0 Å². The predicted octanol–water partition coefficient (Wildman–Crippen LogP) is 3.72. The molecule has 27 heavy (non-hydrogen) atoms. The van der Waals surface area contributed by atoms with Gasteiger partial charge >= 0.3 is 0 Å². The zero-order valence-corrected chi connectivity index (χ0v) is 19.5. The first-order valence-electron chi connectivity index (χ1n) is 9.75. The summed E-state index contributed by atoms with van der Waals surface area (Å²) in [6, 6.07) is 8.28. The van der Waals surface area contributed by atoms with Gasteiger partial charge in [-0.05, 0) is 37.5 Å². The third-order valence-corrected chi connectivity index (χ3v) is 6.33. The lowest BCUT2D eigenvalue weighted by Gasteiger charge is -2.34. The molecule has 5 nitrogen and oxygen atoms in total. The Morgan fingerprint density at radius 2 is 2.04 bits per heavy atom. The van der Waals surface area contributed by atoms with Crippen molar-refractivity contribution < 1.29 is 4.79 Å². The molecular formula is C20H31IN4OS.